The van der Waals surface area contributed by atoms with Crippen molar-refractivity contribution in [3.05, 3.63) is 0 Å². The summed E-state index contributed by atoms with van der Waals surface area (Å²) in [5, 5.41) is 8.94. The zero-order valence-corrected chi connectivity index (χ0v) is 10.9. The van der Waals surface area contributed by atoms with Crippen molar-refractivity contribution in [3.63, 3.8) is 0 Å². The van der Waals surface area contributed by atoms with Crippen LogP contribution in [0.15, 0.2) is 0 Å². The van der Waals surface area contributed by atoms with Gasteiger partial charge in [-0.2, -0.15) is 0 Å². The maximum atomic E-state index is 10.9. The maximum Gasteiger partial charge on any atom is 0.309 e. The van der Waals surface area contributed by atoms with Gasteiger partial charge in [-0.3, -0.25) is 4.79 Å². The van der Waals surface area contributed by atoms with Gasteiger partial charge in [0.2, 0.25) is 0 Å². The molecule has 15 heavy (non-hydrogen) atoms. The highest BCUT2D eigenvalue weighted by atomic mass is 35.5. The third-order valence-corrected chi connectivity index (χ3v) is 3.48. The molecular formula is C11H20Cl2O2. The molecule has 90 valence electrons. The second-order valence-corrected chi connectivity index (χ2v) is 5.41. The van der Waals surface area contributed by atoms with Gasteiger partial charge in [0.05, 0.1) is 5.92 Å². The van der Waals surface area contributed by atoms with Crippen LogP contribution >= 0.6 is 23.2 Å². The summed E-state index contributed by atoms with van der Waals surface area (Å²) in [7, 11) is 0. The first-order chi connectivity index (χ1) is 6.95. The first-order valence-corrected chi connectivity index (χ1v) is 6.31. The highest BCUT2D eigenvalue weighted by molar-refractivity contribution is 6.49. The van der Waals surface area contributed by atoms with Crippen molar-refractivity contribution in [2.75, 3.05) is 0 Å². The molecule has 0 radical (unpaired) electrons. The zero-order chi connectivity index (χ0) is 11.9. The van der Waals surface area contributed by atoms with E-state index in [1.807, 2.05) is 0 Å². The molecule has 0 fully saturated rings. The van der Waals surface area contributed by atoms with Crippen LogP contribution in [-0.2, 0) is 4.79 Å². The van der Waals surface area contributed by atoms with E-state index in [4.69, 9.17) is 28.3 Å². The molecule has 0 aliphatic rings. The van der Waals surface area contributed by atoms with Crippen molar-refractivity contribution in [2.45, 2.75) is 56.7 Å². The van der Waals surface area contributed by atoms with Gasteiger partial charge >= 0.3 is 5.97 Å². The number of carboxylic acid groups (broad SMARTS) is 1. The largest absolute Gasteiger partial charge is 0.481 e. The highest BCUT2D eigenvalue weighted by Gasteiger charge is 2.38. The first kappa shape index (κ1) is 15.0. The van der Waals surface area contributed by atoms with Crippen molar-refractivity contribution in [1.29, 1.82) is 0 Å². The molecule has 1 N–H and O–H groups in total. The maximum absolute atomic E-state index is 10.9. The molecule has 0 aromatic rings. The lowest BCUT2D eigenvalue weighted by Gasteiger charge is -2.25. The fourth-order valence-electron chi connectivity index (χ4n) is 1.62. The number of halogens is 2. The Kier molecular flexibility index (Phi) is 7.37. The number of hydrogen-bond acceptors (Lipinski definition) is 1. The minimum Gasteiger partial charge on any atom is -0.481 e. The highest BCUT2D eigenvalue weighted by Crippen LogP contribution is 2.37. The number of unbranched alkanes of at least 4 members (excludes halogenated alkanes) is 3. The molecule has 0 saturated heterocycles. The molecule has 0 aliphatic heterocycles. The van der Waals surface area contributed by atoms with E-state index in [-0.39, 0.29) is 0 Å². The normalized spacial score (nSPS) is 13.9. The van der Waals surface area contributed by atoms with Gasteiger partial charge in [0.25, 0.3) is 0 Å². The monoisotopic (exact) mass is 254 g/mol. The topological polar surface area (TPSA) is 37.3 Å². The molecule has 1 unspecified atom stereocenters. The van der Waals surface area contributed by atoms with Gasteiger partial charge in [0.1, 0.15) is 4.33 Å². The Morgan fingerprint density at radius 2 is 1.87 bits per heavy atom. The summed E-state index contributed by atoms with van der Waals surface area (Å²) < 4.78 is -1.12. The molecule has 0 bridgehead atoms. The van der Waals surface area contributed by atoms with Gasteiger partial charge in [-0.1, -0.05) is 39.5 Å². The summed E-state index contributed by atoms with van der Waals surface area (Å²) in [6, 6.07) is 0. The van der Waals surface area contributed by atoms with Gasteiger partial charge in [0, 0.05) is 0 Å². The zero-order valence-electron chi connectivity index (χ0n) is 9.43. The Morgan fingerprint density at radius 3 is 2.27 bits per heavy atom. The molecule has 0 spiro atoms. The van der Waals surface area contributed by atoms with Gasteiger partial charge in [-0.05, 0) is 12.8 Å². The lowest BCUT2D eigenvalue weighted by Crippen LogP contribution is -2.32. The third kappa shape index (κ3) is 5.62. The number of hydrogen-bond donors (Lipinski definition) is 1. The number of rotatable bonds is 8. The van der Waals surface area contributed by atoms with E-state index in [9.17, 15) is 4.79 Å². The van der Waals surface area contributed by atoms with E-state index in [0.717, 1.165) is 25.7 Å². The van der Waals surface area contributed by atoms with Gasteiger partial charge in [-0.15, -0.1) is 23.2 Å². The van der Waals surface area contributed by atoms with Crippen molar-refractivity contribution < 1.29 is 9.90 Å². The average molecular weight is 255 g/mol. The first-order valence-electron chi connectivity index (χ1n) is 5.56. The quantitative estimate of drug-likeness (QED) is 0.520. The minimum absolute atomic E-state index is 0.468. The van der Waals surface area contributed by atoms with Crippen LogP contribution in [-0.4, -0.2) is 15.4 Å². The van der Waals surface area contributed by atoms with Crippen LogP contribution in [0.5, 0.6) is 0 Å². The predicted molar refractivity (Wildman–Crippen MR) is 64.6 cm³/mol. The lowest BCUT2D eigenvalue weighted by molar-refractivity contribution is -0.142. The summed E-state index contributed by atoms with van der Waals surface area (Å²) in [5.74, 6) is -1.57. The molecule has 4 heteroatoms. The molecule has 0 heterocycles. The standard InChI is InChI=1S/C11H20Cl2O2/c1-3-5-6-7-8-11(12,13)9(4-2)10(14)15/h9H,3-8H2,1-2H3,(H,14,15). The SMILES string of the molecule is CCCCCCC(Cl)(Cl)C(CC)C(=O)O. The lowest BCUT2D eigenvalue weighted by atomic mass is 9.97. The molecule has 2 nitrogen and oxygen atoms in total. The van der Waals surface area contributed by atoms with Gasteiger partial charge in [-0.25, -0.2) is 0 Å². The minimum atomic E-state index is -1.12. The molecular weight excluding hydrogens is 235 g/mol. The van der Waals surface area contributed by atoms with Crippen molar-refractivity contribution in [3.8, 4) is 0 Å². The van der Waals surface area contributed by atoms with Gasteiger partial charge < -0.3 is 5.11 Å². The van der Waals surface area contributed by atoms with Crippen LogP contribution in [0, 0.1) is 5.92 Å². The Balaban J connectivity index is 4.07. The number of alkyl halides is 2. The Morgan fingerprint density at radius 1 is 1.27 bits per heavy atom. The Bertz CT molecular complexity index is 193. The molecule has 1 atom stereocenters. The molecule has 0 aromatic carbocycles. The smallest absolute Gasteiger partial charge is 0.309 e. The van der Waals surface area contributed by atoms with Crippen molar-refractivity contribution in [2.24, 2.45) is 5.92 Å². The van der Waals surface area contributed by atoms with E-state index in [0.29, 0.717) is 12.8 Å². The molecule has 0 aromatic heterocycles. The third-order valence-electron chi connectivity index (χ3n) is 2.58. The van der Waals surface area contributed by atoms with E-state index in [1.165, 1.54) is 0 Å². The van der Waals surface area contributed by atoms with Crippen LogP contribution in [0.4, 0.5) is 0 Å². The van der Waals surface area contributed by atoms with E-state index < -0.39 is 16.2 Å². The van der Waals surface area contributed by atoms with Crippen LogP contribution in [0.25, 0.3) is 0 Å². The average Bonchev–Trinajstić information content (AvgIpc) is 2.12. The molecule has 0 saturated carbocycles. The van der Waals surface area contributed by atoms with Crippen LogP contribution < -0.4 is 0 Å². The second-order valence-electron chi connectivity index (χ2n) is 3.87. The van der Waals surface area contributed by atoms with Crippen LogP contribution in [0.3, 0.4) is 0 Å². The number of aliphatic carboxylic acids is 1. The summed E-state index contributed by atoms with van der Waals surface area (Å²) in [6.45, 7) is 3.92. The fraction of sp³-hybridized carbons (Fsp3) is 0.909. The Labute approximate surface area is 102 Å². The van der Waals surface area contributed by atoms with Crippen molar-refractivity contribution >= 4 is 29.2 Å². The van der Waals surface area contributed by atoms with E-state index in [2.05, 4.69) is 6.92 Å². The number of carbonyl (C=O) groups is 1. The molecule has 0 rings (SSSR count). The van der Waals surface area contributed by atoms with Crippen molar-refractivity contribution in [1.82, 2.24) is 0 Å². The van der Waals surface area contributed by atoms with Gasteiger partial charge in [0.15, 0.2) is 0 Å². The predicted octanol–water partition coefficient (Wildman–Crippen LogP) is 4.24. The van der Waals surface area contributed by atoms with Crippen LogP contribution in [0.2, 0.25) is 0 Å². The molecule has 0 amide bonds. The number of carboxylic acids is 1. The summed E-state index contributed by atoms with van der Waals surface area (Å²) in [5.41, 5.74) is 0. The van der Waals surface area contributed by atoms with E-state index in [1.54, 1.807) is 6.92 Å². The van der Waals surface area contributed by atoms with Crippen LogP contribution in [0.1, 0.15) is 52.4 Å². The summed E-state index contributed by atoms with van der Waals surface area (Å²) in [4.78, 5) is 10.9. The summed E-state index contributed by atoms with van der Waals surface area (Å²) >= 11 is 12.1. The Hall–Kier alpha value is 0.0500. The molecule has 0 aliphatic carbocycles. The van der Waals surface area contributed by atoms with E-state index >= 15 is 0 Å². The fourth-order valence-corrected chi connectivity index (χ4v) is 2.38. The second kappa shape index (κ2) is 7.34. The summed E-state index contributed by atoms with van der Waals surface area (Å²) in [6.07, 6.45) is 5.27.